The normalized spacial score (nSPS) is 9.83. The highest BCUT2D eigenvalue weighted by atomic mass is 16.7. The van der Waals surface area contributed by atoms with Crippen molar-refractivity contribution in [1.29, 1.82) is 0 Å². The molecule has 0 aromatic rings. The summed E-state index contributed by atoms with van der Waals surface area (Å²) < 4.78 is 15.7. The molecule has 3 N–H and O–H groups in total. The number of nitrogens with one attached hydrogen (secondary N) is 3. The molecule has 0 aliphatic rings. The first-order chi connectivity index (χ1) is 16.8. The minimum absolute atomic E-state index is 0.138. The lowest BCUT2D eigenvalue weighted by atomic mass is 10.3. The number of amides is 3. The van der Waals surface area contributed by atoms with E-state index in [-0.39, 0.29) is 37.2 Å². The second kappa shape index (κ2) is 21.1. The van der Waals surface area contributed by atoms with E-state index in [1.54, 1.807) is 27.7 Å². The summed E-state index contributed by atoms with van der Waals surface area (Å²) in [6.45, 7) is 24.8. The van der Waals surface area contributed by atoms with Gasteiger partial charge in [-0.1, -0.05) is 26.3 Å². The van der Waals surface area contributed by atoms with Crippen molar-refractivity contribution in [2.24, 2.45) is 0 Å². The molecule has 0 aliphatic heterocycles. The fraction of sp³-hybridized carbons (Fsp3) is 0.538. The van der Waals surface area contributed by atoms with Gasteiger partial charge < -0.3 is 30.2 Å². The molecule has 10 heteroatoms. The van der Waals surface area contributed by atoms with Crippen LogP contribution < -0.4 is 16.0 Å². The molecule has 0 aliphatic carbocycles. The largest absolute Gasteiger partial charge is 0.460 e. The molecule has 0 saturated carbocycles. The molecule has 3 amide bonds. The maximum Gasteiger partial charge on any atom is 0.333 e. The lowest BCUT2D eigenvalue weighted by molar-refractivity contribution is -0.139. The SMILES string of the molecule is C=C(C)C(=O)NCCCOC(C)OCCCNC(=O)C(=C)C.C=C(C)C(=O)NCCOC(=O)C(=C)C. The van der Waals surface area contributed by atoms with Crippen molar-refractivity contribution in [3.63, 3.8) is 0 Å². The van der Waals surface area contributed by atoms with Gasteiger partial charge in [-0.15, -0.1) is 0 Å². The molecule has 0 aromatic heterocycles. The summed E-state index contributed by atoms with van der Waals surface area (Å²) in [6.07, 6.45) is 1.11. The van der Waals surface area contributed by atoms with Gasteiger partial charge in [0.1, 0.15) is 6.61 Å². The van der Waals surface area contributed by atoms with E-state index in [2.05, 4.69) is 42.3 Å². The molecule has 0 unspecified atom stereocenters. The molecule has 10 nitrogen and oxygen atoms in total. The molecule has 36 heavy (non-hydrogen) atoms. The zero-order chi connectivity index (χ0) is 28.1. The number of hydrogen-bond donors (Lipinski definition) is 3. The zero-order valence-corrected chi connectivity index (χ0v) is 22.4. The van der Waals surface area contributed by atoms with Crippen LogP contribution in [0.25, 0.3) is 0 Å². The van der Waals surface area contributed by atoms with Crippen LogP contribution in [-0.2, 0) is 33.4 Å². The van der Waals surface area contributed by atoms with Crippen molar-refractivity contribution in [3.8, 4) is 0 Å². The molecule has 0 fully saturated rings. The number of ether oxygens (including phenoxy) is 3. The van der Waals surface area contributed by atoms with E-state index in [1.165, 1.54) is 0 Å². The van der Waals surface area contributed by atoms with Crippen molar-refractivity contribution in [3.05, 3.63) is 48.6 Å². The van der Waals surface area contributed by atoms with Crippen LogP contribution in [0.1, 0.15) is 47.5 Å². The molecule has 0 atom stereocenters. The van der Waals surface area contributed by atoms with Crippen molar-refractivity contribution in [1.82, 2.24) is 16.0 Å². The zero-order valence-electron chi connectivity index (χ0n) is 22.4. The minimum atomic E-state index is -0.449. The Labute approximate surface area is 215 Å². The molecule has 204 valence electrons. The van der Waals surface area contributed by atoms with Gasteiger partial charge in [-0.05, 0) is 47.5 Å². The van der Waals surface area contributed by atoms with Gasteiger partial charge in [0, 0.05) is 35.4 Å². The van der Waals surface area contributed by atoms with Gasteiger partial charge in [0.25, 0.3) is 0 Å². The van der Waals surface area contributed by atoms with E-state index in [9.17, 15) is 19.2 Å². The molecule has 0 spiro atoms. The fourth-order valence-corrected chi connectivity index (χ4v) is 1.98. The number of hydrogen-bond acceptors (Lipinski definition) is 7. The van der Waals surface area contributed by atoms with Crippen molar-refractivity contribution < 1.29 is 33.4 Å². The Morgan fingerprint density at radius 2 is 0.972 bits per heavy atom. The molecule has 0 radical (unpaired) electrons. The van der Waals surface area contributed by atoms with Crippen LogP contribution in [0, 0.1) is 0 Å². The van der Waals surface area contributed by atoms with E-state index >= 15 is 0 Å². The Balaban J connectivity index is 0. The van der Waals surface area contributed by atoms with E-state index in [0.29, 0.717) is 61.4 Å². The summed E-state index contributed by atoms with van der Waals surface area (Å²) >= 11 is 0. The Hall–Kier alpha value is -3.24. The Bertz CT molecular complexity index is 726. The van der Waals surface area contributed by atoms with Gasteiger partial charge in [-0.3, -0.25) is 14.4 Å². The van der Waals surface area contributed by atoms with E-state index < -0.39 is 5.97 Å². The molecule has 0 saturated heterocycles. The van der Waals surface area contributed by atoms with Crippen LogP contribution in [0.2, 0.25) is 0 Å². The molecule has 0 rings (SSSR count). The molecular weight excluding hydrogens is 466 g/mol. The molecular formula is C26H43N3O7. The first kappa shape index (κ1) is 34.9. The third-order valence-corrected chi connectivity index (χ3v) is 4.05. The predicted octanol–water partition coefficient (Wildman–Crippen LogP) is 2.33. The number of carbonyl (C=O) groups excluding carboxylic acids is 4. The lowest BCUT2D eigenvalue weighted by Gasteiger charge is -2.14. The smallest absolute Gasteiger partial charge is 0.333 e. The standard InChI is InChI=1S/C16H28N2O4.C10H15NO3/c1-12(2)15(19)17-8-6-10-21-14(5)22-11-7-9-18-16(20)13(3)4;1-7(2)9(12)11-5-6-14-10(13)8(3)4/h14H,1,3,6-11H2,2,4-5H3,(H,17,19)(H,18,20);1,3,5-6H2,2,4H3,(H,11,12). The van der Waals surface area contributed by atoms with Gasteiger partial charge in [0.15, 0.2) is 6.29 Å². The monoisotopic (exact) mass is 509 g/mol. The summed E-state index contributed by atoms with van der Waals surface area (Å²) in [5.41, 5.74) is 1.76. The molecule has 0 bridgehead atoms. The lowest BCUT2D eigenvalue weighted by Crippen LogP contribution is -2.28. The van der Waals surface area contributed by atoms with Crippen molar-refractivity contribution >= 4 is 23.7 Å². The van der Waals surface area contributed by atoms with Gasteiger partial charge in [-0.25, -0.2) is 4.79 Å². The number of carbonyl (C=O) groups is 4. The summed E-state index contributed by atoms with van der Waals surface area (Å²) in [5, 5.41) is 7.99. The summed E-state index contributed by atoms with van der Waals surface area (Å²) in [4.78, 5) is 44.3. The van der Waals surface area contributed by atoms with E-state index in [1.807, 2.05) is 6.92 Å². The minimum Gasteiger partial charge on any atom is -0.460 e. The first-order valence-corrected chi connectivity index (χ1v) is 11.7. The van der Waals surface area contributed by atoms with E-state index in [4.69, 9.17) is 14.2 Å². The van der Waals surface area contributed by atoms with Gasteiger partial charge in [0.05, 0.1) is 19.8 Å². The van der Waals surface area contributed by atoms with Crippen LogP contribution in [-0.4, -0.2) is 69.4 Å². The van der Waals surface area contributed by atoms with E-state index in [0.717, 1.165) is 0 Å². The van der Waals surface area contributed by atoms with Crippen molar-refractivity contribution in [2.45, 2.75) is 53.8 Å². The topological polar surface area (TPSA) is 132 Å². The van der Waals surface area contributed by atoms with Crippen LogP contribution >= 0.6 is 0 Å². The van der Waals surface area contributed by atoms with Gasteiger partial charge >= 0.3 is 5.97 Å². The van der Waals surface area contributed by atoms with Gasteiger partial charge in [0.2, 0.25) is 17.7 Å². The van der Waals surface area contributed by atoms with Crippen LogP contribution in [0.15, 0.2) is 48.6 Å². The van der Waals surface area contributed by atoms with Crippen LogP contribution in [0.4, 0.5) is 0 Å². The fourth-order valence-electron chi connectivity index (χ4n) is 1.98. The average Bonchev–Trinajstić information content (AvgIpc) is 2.80. The Morgan fingerprint density at radius 1 is 0.611 bits per heavy atom. The van der Waals surface area contributed by atoms with Gasteiger partial charge in [-0.2, -0.15) is 0 Å². The summed E-state index contributed by atoms with van der Waals surface area (Å²) in [6, 6.07) is 0. The maximum absolute atomic E-state index is 11.2. The Kier molecular flexibility index (Phi) is 20.4. The number of esters is 1. The second-order valence-electron chi connectivity index (χ2n) is 8.04. The number of rotatable bonds is 17. The maximum atomic E-state index is 11.2. The quantitative estimate of drug-likeness (QED) is 0.119. The highest BCUT2D eigenvalue weighted by Gasteiger charge is 2.05. The molecule has 0 heterocycles. The predicted molar refractivity (Wildman–Crippen MR) is 140 cm³/mol. The first-order valence-electron chi connectivity index (χ1n) is 11.7. The average molecular weight is 510 g/mol. The third kappa shape index (κ3) is 21.3. The van der Waals surface area contributed by atoms with Crippen LogP contribution in [0.5, 0.6) is 0 Å². The Morgan fingerprint density at radius 3 is 1.31 bits per heavy atom. The highest BCUT2D eigenvalue weighted by Crippen LogP contribution is 1.97. The van der Waals surface area contributed by atoms with Crippen molar-refractivity contribution in [2.75, 3.05) is 39.5 Å². The third-order valence-electron chi connectivity index (χ3n) is 4.05. The molecule has 0 aromatic carbocycles. The summed E-state index contributed by atoms with van der Waals surface area (Å²) in [5.74, 6) is -0.965. The highest BCUT2D eigenvalue weighted by molar-refractivity contribution is 5.92. The summed E-state index contributed by atoms with van der Waals surface area (Å²) in [7, 11) is 0. The van der Waals surface area contributed by atoms with Crippen LogP contribution in [0.3, 0.4) is 0 Å². The second-order valence-corrected chi connectivity index (χ2v) is 8.04.